The summed E-state index contributed by atoms with van der Waals surface area (Å²) in [4.78, 5) is 1.39. The Morgan fingerprint density at radius 2 is 2.00 bits per heavy atom. The molecular weight excluding hydrogens is 386 g/mol. The van der Waals surface area contributed by atoms with Crippen LogP contribution in [0.5, 0.6) is 0 Å². The number of benzene rings is 1. The third kappa shape index (κ3) is 3.91. The van der Waals surface area contributed by atoms with Crippen LogP contribution in [0.25, 0.3) is 0 Å². The quantitative estimate of drug-likeness (QED) is 0.698. The van der Waals surface area contributed by atoms with Crippen molar-refractivity contribution in [1.29, 1.82) is 0 Å². The first-order chi connectivity index (χ1) is 9.11. The van der Waals surface area contributed by atoms with Crippen LogP contribution in [0.4, 0.5) is 0 Å². The molecule has 2 aromatic rings. The van der Waals surface area contributed by atoms with Gasteiger partial charge in [0.25, 0.3) is 0 Å². The molecule has 0 aliphatic carbocycles. The van der Waals surface area contributed by atoms with Crippen molar-refractivity contribution < 1.29 is 0 Å². The molecule has 0 bridgehead atoms. The van der Waals surface area contributed by atoms with Gasteiger partial charge in [0.05, 0.1) is 0 Å². The summed E-state index contributed by atoms with van der Waals surface area (Å²) in [7, 11) is 0. The van der Waals surface area contributed by atoms with E-state index in [9.17, 15) is 0 Å². The van der Waals surface area contributed by atoms with Crippen molar-refractivity contribution in [3.63, 3.8) is 0 Å². The van der Waals surface area contributed by atoms with Gasteiger partial charge in [-0.1, -0.05) is 40.5 Å². The van der Waals surface area contributed by atoms with Crippen molar-refractivity contribution in [3.8, 4) is 0 Å². The van der Waals surface area contributed by atoms with Crippen LogP contribution in [0.15, 0.2) is 38.6 Å². The van der Waals surface area contributed by atoms with E-state index in [-0.39, 0.29) is 0 Å². The molecule has 19 heavy (non-hydrogen) atoms. The Bertz CT molecular complexity index is 551. The highest BCUT2D eigenvalue weighted by molar-refractivity contribution is 9.10. The van der Waals surface area contributed by atoms with E-state index >= 15 is 0 Å². The van der Waals surface area contributed by atoms with Crippen LogP contribution in [0.2, 0.25) is 0 Å². The molecule has 1 N–H and O–H groups in total. The van der Waals surface area contributed by atoms with E-state index in [0.717, 1.165) is 13.0 Å². The number of likely N-dealkylation sites (N-methyl/N-ethyl adjacent to an activating group) is 1. The first-order valence-corrected chi connectivity index (χ1v) is 8.79. The Labute approximate surface area is 135 Å². The summed E-state index contributed by atoms with van der Waals surface area (Å²) in [5, 5.41) is 5.72. The molecule has 0 fully saturated rings. The maximum absolute atomic E-state index is 3.68. The second-order valence-electron chi connectivity index (χ2n) is 4.53. The summed E-state index contributed by atoms with van der Waals surface area (Å²) in [6, 6.07) is 9.00. The van der Waals surface area contributed by atoms with Crippen LogP contribution in [0.1, 0.15) is 29.0 Å². The summed E-state index contributed by atoms with van der Waals surface area (Å²) in [6.45, 7) is 5.26. The maximum atomic E-state index is 3.68. The highest BCUT2D eigenvalue weighted by Crippen LogP contribution is 2.31. The second kappa shape index (κ2) is 7.02. The number of nitrogens with one attached hydrogen (secondary N) is 1. The average molecular weight is 403 g/mol. The molecule has 102 valence electrons. The zero-order chi connectivity index (χ0) is 13.8. The summed E-state index contributed by atoms with van der Waals surface area (Å²) in [5.74, 6) is 0. The SMILES string of the molecule is CCNC(Cc1sccc1Br)c1cc(C)ccc1Br. The number of thiophene rings is 1. The van der Waals surface area contributed by atoms with Gasteiger partial charge in [0.15, 0.2) is 0 Å². The molecule has 1 nitrogen and oxygen atoms in total. The number of halogens is 2. The van der Waals surface area contributed by atoms with Crippen LogP contribution in [0.3, 0.4) is 0 Å². The lowest BCUT2D eigenvalue weighted by Crippen LogP contribution is -2.23. The van der Waals surface area contributed by atoms with Gasteiger partial charge in [-0.2, -0.15) is 0 Å². The Hall–Kier alpha value is -0.160. The molecule has 1 aromatic heterocycles. The summed E-state index contributed by atoms with van der Waals surface area (Å²) in [5.41, 5.74) is 2.63. The third-order valence-electron chi connectivity index (χ3n) is 3.06. The first-order valence-electron chi connectivity index (χ1n) is 6.33. The Morgan fingerprint density at radius 1 is 1.21 bits per heavy atom. The van der Waals surface area contributed by atoms with Gasteiger partial charge in [0.2, 0.25) is 0 Å². The van der Waals surface area contributed by atoms with Crippen molar-refractivity contribution >= 4 is 43.2 Å². The molecule has 0 saturated heterocycles. The zero-order valence-corrected chi connectivity index (χ0v) is 15.0. The van der Waals surface area contributed by atoms with E-state index in [4.69, 9.17) is 0 Å². The lowest BCUT2D eigenvalue weighted by molar-refractivity contribution is 0.550. The molecule has 0 spiro atoms. The van der Waals surface area contributed by atoms with Gasteiger partial charge in [0, 0.05) is 26.3 Å². The number of rotatable bonds is 5. The minimum Gasteiger partial charge on any atom is -0.310 e. The molecule has 0 saturated carbocycles. The monoisotopic (exact) mass is 401 g/mol. The van der Waals surface area contributed by atoms with Gasteiger partial charge in [0.1, 0.15) is 0 Å². The van der Waals surface area contributed by atoms with Crippen LogP contribution in [-0.4, -0.2) is 6.54 Å². The predicted molar refractivity (Wildman–Crippen MR) is 91.0 cm³/mol. The highest BCUT2D eigenvalue weighted by atomic mass is 79.9. The molecule has 0 aliphatic rings. The van der Waals surface area contributed by atoms with Gasteiger partial charge < -0.3 is 5.32 Å². The van der Waals surface area contributed by atoms with Crippen molar-refractivity contribution in [2.24, 2.45) is 0 Å². The van der Waals surface area contributed by atoms with Crippen molar-refractivity contribution in [1.82, 2.24) is 5.32 Å². The minimum atomic E-state index is 0.342. The molecule has 0 radical (unpaired) electrons. The molecule has 2 rings (SSSR count). The van der Waals surface area contributed by atoms with Gasteiger partial charge >= 0.3 is 0 Å². The van der Waals surface area contributed by atoms with Crippen LogP contribution < -0.4 is 5.32 Å². The molecule has 1 atom stereocenters. The minimum absolute atomic E-state index is 0.342. The highest BCUT2D eigenvalue weighted by Gasteiger charge is 2.16. The Morgan fingerprint density at radius 3 is 2.63 bits per heavy atom. The lowest BCUT2D eigenvalue weighted by Gasteiger charge is -2.20. The third-order valence-corrected chi connectivity index (χ3v) is 5.73. The van der Waals surface area contributed by atoms with Crippen molar-refractivity contribution in [2.75, 3.05) is 6.54 Å². The van der Waals surface area contributed by atoms with Gasteiger partial charge in [-0.3, -0.25) is 0 Å². The van der Waals surface area contributed by atoms with Gasteiger partial charge in [-0.15, -0.1) is 11.3 Å². The molecule has 1 unspecified atom stereocenters. The van der Waals surface area contributed by atoms with E-state index in [1.54, 1.807) is 11.3 Å². The molecular formula is C15H17Br2NS. The van der Waals surface area contributed by atoms with E-state index in [1.807, 2.05) is 0 Å². The average Bonchev–Trinajstić information content (AvgIpc) is 2.78. The summed E-state index contributed by atoms with van der Waals surface area (Å²) in [6.07, 6.45) is 1.01. The fourth-order valence-corrected chi connectivity index (χ4v) is 4.21. The van der Waals surface area contributed by atoms with Crippen LogP contribution in [0, 0.1) is 6.92 Å². The van der Waals surface area contributed by atoms with Crippen molar-refractivity contribution in [3.05, 3.63) is 54.6 Å². The predicted octanol–water partition coefficient (Wildman–Crippen LogP) is 5.47. The van der Waals surface area contributed by atoms with E-state index in [0.29, 0.717) is 6.04 Å². The Kier molecular flexibility index (Phi) is 5.63. The number of aryl methyl sites for hydroxylation is 1. The van der Waals surface area contributed by atoms with E-state index in [1.165, 1.54) is 24.9 Å². The summed E-state index contributed by atoms with van der Waals surface area (Å²) >= 11 is 9.10. The van der Waals surface area contributed by atoms with Crippen LogP contribution >= 0.6 is 43.2 Å². The smallest absolute Gasteiger partial charge is 0.0380 e. The van der Waals surface area contributed by atoms with E-state index in [2.05, 4.69) is 80.7 Å². The van der Waals surface area contributed by atoms with Gasteiger partial charge in [-0.25, -0.2) is 0 Å². The Balaban J connectivity index is 2.29. The summed E-state index contributed by atoms with van der Waals surface area (Å²) < 4.78 is 2.39. The molecule has 4 heteroatoms. The zero-order valence-electron chi connectivity index (χ0n) is 11.0. The standard InChI is InChI=1S/C15H17Br2NS/c1-3-18-14(9-15-13(17)6-7-19-15)11-8-10(2)4-5-12(11)16/h4-8,14,18H,3,9H2,1-2H3. The fourth-order valence-electron chi connectivity index (χ4n) is 2.12. The second-order valence-corrected chi connectivity index (χ2v) is 7.24. The molecule has 0 aliphatic heterocycles. The largest absolute Gasteiger partial charge is 0.310 e. The number of hydrogen-bond acceptors (Lipinski definition) is 2. The molecule has 0 amide bonds. The topological polar surface area (TPSA) is 12.0 Å². The molecule has 1 heterocycles. The van der Waals surface area contributed by atoms with E-state index < -0.39 is 0 Å². The number of hydrogen-bond donors (Lipinski definition) is 1. The van der Waals surface area contributed by atoms with Crippen LogP contribution in [-0.2, 0) is 6.42 Å². The normalized spacial score (nSPS) is 12.6. The molecule has 1 aromatic carbocycles. The lowest BCUT2D eigenvalue weighted by atomic mass is 10.0. The van der Waals surface area contributed by atoms with Gasteiger partial charge in [-0.05, 0) is 52.5 Å². The first kappa shape index (κ1) is 15.2. The fraction of sp³-hybridized carbons (Fsp3) is 0.333. The van der Waals surface area contributed by atoms with Crippen molar-refractivity contribution in [2.45, 2.75) is 26.3 Å². The maximum Gasteiger partial charge on any atom is 0.0380 e.